The molecule has 2 aliphatic heterocycles. The summed E-state index contributed by atoms with van der Waals surface area (Å²) >= 11 is 6.28. The molecule has 1 aromatic heterocycles. The minimum absolute atomic E-state index is 0.160. The Morgan fingerprint density at radius 3 is 2.76 bits per heavy atom. The van der Waals surface area contributed by atoms with Crippen molar-refractivity contribution < 1.29 is 13.5 Å². The predicted molar refractivity (Wildman–Crippen MR) is 131 cm³/mol. The summed E-state index contributed by atoms with van der Waals surface area (Å²) in [5, 5.41) is 22.2. The van der Waals surface area contributed by atoms with Crippen LogP contribution in [0.1, 0.15) is 24.0 Å². The summed E-state index contributed by atoms with van der Waals surface area (Å²) in [4.78, 5) is 13.6. The van der Waals surface area contributed by atoms with E-state index in [9.17, 15) is 18.8 Å². The second-order valence-electron chi connectivity index (χ2n) is 9.01. The molecule has 11 heteroatoms. The van der Waals surface area contributed by atoms with Crippen molar-refractivity contribution >= 4 is 33.2 Å². The molecular weight excluding hydrogens is 476 g/mol. The minimum atomic E-state index is -3.34. The number of sulfone groups is 1. The normalized spacial score (nSPS) is 19.5. The lowest BCUT2D eigenvalue weighted by atomic mass is 9.81. The van der Waals surface area contributed by atoms with Crippen molar-refractivity contribution in [2.75, 3.05) is 55.8 Å². The maximum atomic E-state index is 11.7. The van der Waals surface area contributed by atoms with Crippen LogP contribution in [-0.2, 0) is 16.4 Å². The number of hydrogen-bond donors (Lipinski definition) is 2. The number of halogens is 1. The molecule has 2 fully saturated rings. The van der Waals surface area contributed by atoms with Gasteiger partial charge in [0, 0.05) is 44.0 Å². The van der Waals surface area contributed by atoms with Crippen LogP contribution in [0.5, 0.6) is 0 Å². The number of hydrogen-bond acceptors (Lipinski definition) is 9. The molecule has 3 heterocycles. The fourth-order valence-corrected chi connectivity index (χ4v) is 5.58. The SMILES string of the molecule is CS(=O)(=O)c1ccc(CNc2nc(N3CC(C4CCCN(CCO)C4)C3)ncc2C#N)c(Cl)c1. The number of aliphatic hydroxyl groups excluding tert-OH is 1. The molecular formula is C23H29ClN6O3S. The van der Waals surface area contributed by atoms with Crippen molar-refractivity contribution in [2.45, 2.75) is 24.3 Å². The van der Waals surface area contributed by atoms with E-state index in [0.29, 0.717) is 46.3 Å². The molecule has 0 aliphatic carbocycles. The van der Waals surface area contributed by atoms with Crippen molar-refractivity contribution in [3.63, 3.8) is 0 Å². The smallest absolute Gasteiger partial charge is 0.227 e. The van der Waals surface area contributed by atoms with Gasteiger partial charge in [-0.3, -0.25) is 0 Å². The molecule has 0 bridgehead atoms. The number of aromatic nitrogens is 2. The number of nitriles is 1. The fourth-order valence-electron chi connectivity index (χ4n) is 4.62. The molecule has 0 saturated carbocycles. The largest absolute Gasteiger partial charge is 0.395 e. The average Bonchev–Trinajstić information content (AvgIpc) is 2.77. The Labute approximate surface area is 205 Å². The third-order valence-corrected chi connectivity index (χ3v) is 8.08. The van der Waals surface area contributed by atoms with Crippen LogP contribution in [-0.4, -0.2) is 74.0 Å². The molecule has 1 unspecified atom stereocenters. The van der Waals surface area contributed by atoms with Gasteiger partial charge in [-0.05, 0) is 48.9 Å². The Hall–Kier alpha value is -2.45. The second-order valence-corrected chi connectivity index (χ2v) is 11.4. The Kier molecular flexibility index (Phi) is 7.57. The Bertz CT molecular complexity index is 1180. The number of β-amino-alcohol motifs (C(OH)–C–C–N with tert-alkyl or cyclic N) is 1. The number of likely N-dealkylation sites (tertiary alicyclic amines) is 1. The van der Waals surface area contributed by atoms with Crippen LogP contribution in [0.3, 0.4) is 0 Å². The van der Waals surface area contributed by atoms with E-state index in [1.54, 1.807) is 6.07 Å². The van der Waals surface area contributed by atoms with Crippen LogP contribution in [0.15, 0.2) is 29.3 Å². The topological polar surface area (TPSA) is 122 Å². The summed E-state index contributed by atoms with van der Waals surface area (Å²) in [6.45, 7) is 5.07. The molecule has 2 aromatic rings. The third kappa shape index (κ3) is 5.61. The molecule has 0 amide bonds. The molecule has 1 aromatic carbocycles. The summed E-state index contributed by atoms with van der Waals surface area (Å²) in [6, 6.07) is 6.71. The van der Waals surface area contributed by atoms with Crippen LogP contribution < -0.4 is 10.2 Å². The second kappa shape index (κ2) is 10.4. The number of anilines is 2. The molecule has 2 N–H and O–H groups in total. The van der Waals surface area contributed by atoms with Crippen LogP contribution in [0.25, 0.3) is 0 Å². The van der Waals surface area contributed by atoms with Gasteiger partial charge in [0.1, 0.15) is 17.5 Å². The molecule has 1 atom stereocenters. The van der Waals surface area contributed by atoms with E-state index in [1.807, 2.05) is 0 Å². The molecule has 182 valence electrons. The van der Waals surface area contributed by atoms with Crippen molar-refractivity contribution in [1.82, 2.24) is 14.9 Å². The van der Waals surface area contributed by atoms with Gasteiger partial charge in [0.25, 0.3) is 0 Å². The highest BCUT2D eigenvalue weighted by molar-refractivity contribution is 7.90. The first-order valence-electron chi connectivity index (χ1n) is 11.4. The van der Waals surface area contributed by atoms with E-state index in [1.165, 1.54) is 24.8 Å². The lowest BCUT2D eigenvalue weighted by Gasteiger charge is -2.46. The molecule has 0 radical (unpaired) electrons. The third-order valence-electron chi connectivity index (χ3n) is 6.61. The van der Waals surface area contributed by atoms with Crippen molar-refractivity contribution in [1.29, 1.82) is 5.26 Å². The summed E-state index contributed by atoms with van der Waals surface area (Å²) in [6.07, 6.45) is 5.03. The first-order valence-corrected chi connectivity index (χ1v) is 13.6. The van der Waals surface area contributed by atoms with E-state index >= 15 is 0 Å². The Balaban J connectivity index is 1.40. The standard InChI is InChI=1S/C23H29ClN6O3S/c1-34(32,33)20-5-4-16(21(24)9-20)11-26-22-18(10-25)12-27-23(28-22)30-14-19(15-30)17-3-2-6-29(13-17)7-8-31/h4-5,9,12,17,19,31H,2-3,6-8,11,13-15H2,1H3,(H,26,27,28). The maximum Gasteiger partial charge on any atom is 0.227 e. The summed E-state index contributed by atoms with van der Waals surface area (Å²) in [5.41, 5.74) is 1.03. The summed E-state index contributed by atoms with van der Waals surface area (Å²) in [7, 11) is -3.34. The average molecular weight is 505 g/mol. The molecule has 2 aliphatic rings. The van der Waals surface area contributed by atoms with Crippen LogP contribution in [0.2, 0.25) is 5.02 Å². The highest BCUT2D eigenvalue weighted by Crippen LogP contribution is 2.33. The summed E-state index contributed by atoms with van der Waals surface area (Å²) < 4.78 is 23.4. The van der Waals surface area contributed by atoms with Crippen LogP contribution >= 0.6 is 11.6 Å². The monoisotopic (exact) mass is 504 g/mol. The van der Waals surface area contributed by atoms with Gasteiger partial charge in [-0.2, -0.15) is 10.2 Å². The predicted octanol–water partition coefficient (Wildman–Crippen LogP) is 2.16. The molecule has 9 nitrogen and oxygen atoms in total. The van der Waals surface area contributed by atoms with E-state index in [0.717, 1.165) is 45.4 Å². The van der Waals surface area contributed by atoms with Gasteiger partial charge in [-0.15, -0.1) is 0 Å². The Morgan fingerprint density at radius 2 is 2.09 bits per heavy atom. The van der Waals surface area contributed by atoms with Crippen LogP contribution in [0, 0.1) is 23.2 Å². The lowest BCUT2D eigenvalue weighted by Crippen LogP contribution is -2.54. The quantitative estimate of drug-likeness (QED) is 0.556. The van der Waals surface area contributed by atoms with E-state index in [-0.39, 0.29) is 11.5 Å². The molecule has 2 saturated heterocycles. The van der Waals surface area contributed by atoms with Gasteiger partial charge in [0.2, 0.25) is 5.95 Å². The maximum absolute atomic E-state index is 11.7. The molecule has 34 heavy (non-hydrogen) atoms. The number of aliphatic hydroxyl groups is 1. The van der Waals surface area contributed by atoms with Crippen molar-refractivity contribution in [2.24, 2.45) is 11.8 Å². The Morgan fingerprint density at radius 1 is 1.29 bits per heavy atom. The highest BCUT2D eigenvalue weighted by atomic mass is 35.5. The zero-order valence-corrected chi connectivity index (χ0v) is 20.7. The molecule has 4 rings (SSSR count). The van der Waals surface area contributed by atoms with Gasteiger partial charge in [0.15, 0.2) is 9.84 Å². The fraction of sp³-hybridized carbons (Fsp3) is 0.522. The van der Waals surface area contributed by atoms with Gasteiger partial charge < -0.3 is 20.2 Å². The number of nitrogens with zero attached hydrogens (tertiary/aromatic N) is 5. The first-order chi connectivity index (χ1) is 16.3. The van der Waals surface area contributed by atoms with Gasteiger partial charge in [0.05, 0.1) is 17.7 Å². The lowest BCUT2D eigenvalue weighted by molar-refractivity contribution is 0.101. The number of rotatable bonds is 8. The van der Waals surface area contributed by atoms with Gasteiger partial charge in [-0.1, -0.05) is 17.7 Å². The number of nitrogens with one attached hydrogen (secondary N) is 1. The van der Waals surface area contributed by atoms with Gasteiger partial charge >= 0.3 is 0 Å². The minimum Gasteiger partial charge on any atom is -0.395 e. The number of piperidine rings is 1. The molecule has 0 spiro atoms. The first kappa shape index (κ1) is 24.7. The van der Waals surface area contributed by atoms with Crippen molar-refractivity contribution in [3.05, 3.63) is 40.5 Å². The zero-order valence-electron chi connectivity index (χ0n) is 19.1. The summed E-state index contributed by atoms with van der Waals surface area (Å²) in [5.74, 6) is 2.19. The number of benzene rings is 1. The van der Waals surface area contributed by atoms with Crippen molar-refractivity contribution in [3.8, 4) is 6.07 Å². The van der Waals surface area contributed by atoms with E-state index < -0.39 is 9.84 Å². The van der Waals surface area contributed by atoms with Gasteiger partial charge in [-0.25, -0.2) is 13.4 Å². The zero-order chi connectivity index (χ0) is 24.3. The van der Waals surface area contributed by atoms with E-state index in [4.69, 9.17) is 11.6 Å². The van der Waals surface area contributed by atoms with Crippen LogP contribution in [0.4, 0.5) is 11.8 Å². The van der Waals surface area contributed by atoms with E-state index in [2.05, 4.69) is 31.2 Å². The highest BCUT2D eigenvalue weighted by Gasteiger charge is 2.37.